The summed E-state index contributed by atoms with van der Waals surface area (Å²) in [4.78, 5) is 49.5. The lowest BCUT2D eigenvalue weighted by atomic mass is 9.87. The fourth-order valence-corrected chi connectivity index (χ4v) is 4.42. The number of hydrogen-bond acceptors (Lipinski definition) is 7. The molecule has 0 radical (unpaired) electrons. The Kier molecular flexibility index (Phi) is 3.65. The van der Waals surface area contributed by atoms with Gasteiger partial charge in [0.25, 0.3) is 5.69 Å². The first-order chi connectivity index (χ1) is 13.3. The lowest BCUT2D eigenvalue weighted by Gasteiger charge is -2.21. The molecule has 1 fully saturated rings. The zero-order chi connectivity index (χ0) is 20.3. The van der Waals surface area contributed by atoms with E-state index in [1.54, 1.807) is 30.3 Å². The van der Waals surface area contributed by atoms with Gasteiger partial charge in [-0.1, -0.05) is 30.3 Å². The van der Waals surface area contributed by atoms with E-state index >= 15 is 0 Å². The molecule has 2 aromatic carbocycles. The van der Waals surface area contributed by atoms with Crippen LogP contribution >= 0.6 is 0 Å². The number of Topliss-reactive ketones (excluding diaryl/α,β-unsaturated/α-hetero) is 1. The van der Waals surface area contributed by atoms with Crippen LogP contribution in [0.4, 0.5) is 5.69 Å². The fraction of sp³-hybridized carbons (Fsp3) is 0.250. The Bertz CT molecular complexity index is 1050. The van der Waals surface area contributed by atoms with Crippen molar-refractivity contribution in [1.29, 1.82) is 0 Å². The van der Waals surface area contributed by atoms with Crippen LogP contribution in [0.15, 0.2) is 48.5 Å². The highest BCUT2D eigenvalue weighted by atomic mass is 16.6. The number of benzene rings is 2. The van der Waals surface area contributed by atoms with Crippen molar-refractivity contribution in [3.05, 3.63) is 69.8 Å². The van der Waals surface area contributed by atoms with Crippen LogP contribution in [0.5, 0.6) is 5.75 Å². The van der Waals surface area contributed by atoms with Crippen molar-refractivity contribution in [2.75, 3.05) is 7.11 Å². The molecule has 4 rings (SSSR count). The molecule has 0 amide bonds. The molecule has 142 valence electrons. The summed E-state index contributed by atoms with van der Waals surface area (Å²) in [7, 11) is 1.12. The van der Waals surface area contributed by atoms with Crippen LogP contribution in [0.2, 0.25) is 0 Å². The molecule has 0 bridgehead atoms. The van der Waals surface area contributed by atoms with Gasteiger partial charge in [-0.25, -0.2) is 0 Å². The number of nitrogens with zero attached hydrogens (tertiary/aromatic N) is 1. The molecule has 0 N–H and O–H groups in total. The summed E-state index contributed by atoms with van der Waals surface area (Å²) in [5.41, 5.74) is -3.00. The third kappa shape index (κ3) is 1.97. The molecular formula is C20H15NO7. The lowest BCUT2D eigenvalue weighted by Crippen LogP contribution is -2.39. The molecule has 0 spiro atoms. The Morgan fingerprint density at radius 1 is 1.18 bits per heavy atom. The first-order valence-corrected chi connectivity index (χ1v) is 8.49. The highest BCUT2D eigenvalue weighted by molar-refractivity contribution is 6.20. The number of ketones is 1. The van der Waals surface area contributed by atoms with Gasteiger partial charge in [-0.2, -0.15) is 0 Å². The van der Waals surface area contributed by atoms with Crippen LogP contribution in [-0.2, 0) is 14.3 Å². The summed E-state index contributed by atoms with van der Waals surface area (Å²) in [6, 6.07) is 12.0. The van der Waals surface area contributed by atoms with E-state index in [9.17, 15) is 24.5 Å². The summed E-state index contributed by atoms with van der Waals surface area (Å²) in [5.74, 6) is -3.04. The maximum absolute atomic E-state index is 13.3. The summed E-state index contributed by atoms with van der Waals surface area (Å²) in [5, 5.41) is 11.2. The average Bonchev–Trinajstić information content (AvgIpc) is 3.30. The normalized spacial score (nSPS) is 27.1. The molecule has 0 aromatic heterocycles. The van der Waals surface area contributed by atoms with Crippen molar-refractivity contribution in [2.45, 2.75) is 12.8 Å². The number of carbonyl (C=O) groups is 3. The average molecular weight is 381 g/mol. The second kappa shape index (κ2) is 5.72. The van der Waals surface area contributed by atoms with Crippen LogP contribution in [0.25, 0.3) is 0 Å². The van der Waals surface area contributed by atoms with Gasteiger partial charge in [0.15, 0.2) is 11.2 Å². The van der Waals surface area contributed by atoms with Gasteiger partial charge < -0.3 is 9.47 Å². The highest BCUT2D eigenvalue weighted by Gasteiger charge is 2.89. The van der Waals surface area contributed by atoms with Gasteiger partial charge in [-0.15, -0.1) is 0 Å². The molecule has 0 saturated heterocycles. The predicted octanol–water partition coefficient (Wildman–Crippen LogP) is 2.66. The number of fused-ring (bicyclic) bond motifs is 3. The van der Waals surface area contributed by atoms with E-state index in [1.807, 2.05) is 0 Å². The number of rotatable bonds is 4. The first-order valence-electron chi connectivity index (χ1n) is 8.49. The topological polar surface area (TPSA) is 113 Å². The van der Waals surface area contributed by atoms with Crippen LogP contribution in [0, 0.1) is 20.9 Å². The van der Waals surface area contributed by atoms with Gasteiger partial charge in [0.1, 0.15) is 5.75 Å². The van der Waals surface area contributed by atoms with Crippen LogP contribution in [0.1, 0.15) is 28.8 Å². The number of esters is 2. The van der Waals surface area contributed by atoms with E-state index in [1.165, 1.54) is 25.1 Å². The van der Waals surface area contributed by atoms with Gasteiger partial charge in [-0.3, -0.25) is 24.5 Å². The zero-order valence-corrected chi connectivity index (χ0v) is 15.0. The zero-order valence-electron chi connectivity index (χ0n) is 15.0. The number of carbonyl (C=O) groups excluding carboxylic acids is 3. The van der Waals surface area contributed by atoms with Gasteiger partial charge >= 0.3 is 11.9 Å². The summed E-state index contributed by atoms with van der Waals surface area (Å²) < 4.78 is 10.2. The summed E-state index contributed by atoms with van der Waals surface area (Å²) in [6.07, 6.45) is 0. The van der Waals surface area contributed by atoms with Crippen molar-refractivity contribution in [3.8, 4) is 5.75 Å². The molecule has 1 aliphatic carbocycles. The first kappa shape index (κ1) is 17.8. The summed E-state index contributed by atoms with van der Waals surface area (Å²) >= 11 is 0. The Balaban J connectivity index is 1.94. The predicted molar refractivity (Wildman–Crippen MR) is 94.8 cm³/mol. The number of nitro benzene ring substituents is 1. The third-order valence-corrected chi connectivity index (χ3v) is 5.80. The molecule has 1 saturated carbocycles. The van der Waals surface area contributed by atoms with Crippen molar-refractivity contribution in [3.63, 3.8) is 0 Å². The van der Waals surface area contributed by atoms with E-state index in [2.05, 4.69) is 0 Å². The van der Waals surface area contributed by atoms with E-state index in [0.717, 1.165) is 7.11 Å². The second-order valence-electron chi connectivity index (χ2n) is 7.00. The monoisotopic (exact) mass is 381 g/mol. The second-order valence-corrected chi connectivity index (χ2v) is 7.00. The molecular weight excluding hydrogens is 366 g/mol. The van der Waals surface area contributed by atoms with E-state index in [-0.39, 0.29) is 17.0 Å². The Morgan fingerprint density at radius 2 is 1.86 bits per heavy atom. The van der Waals surface area contributed by atoms with E-state index in [4.69, 9.17) is 9.47 Å². The smallest absolute Gasteiger partial charge is 0.330 e. The SMILES string of the molecule is COC(=O)[C@@]12C(=O)Oc3ccc([N+](=O)[O-])cc3[C@@H]1[C@@]2(C)C(=O)c1ccccc1. The quantitative estimate of drug-likeness (QED) is 0.200. The Hall–Kier alpha value is -3.55. The van der Waals surface area contributed by atoms with Crippen LogP contribution < -0.4 is 4.74 Å². The number of non-ortho nitro benzene ring substituents is 1. The number of nitro groups is 1. The van der Waals surface area contributed by atoms with Gasteiger partial charge in [0.2, 0.25) is 0 Å². The number of hydrogen-bond donors (Lipinski definition) is 0. The number of methoxy groups -OCH3 is 1. The van der Waals surface area contributed by atoms with E-state index in [0.29, 0.717) is 5.56 Å². The van der Waals surface area contributed by atoms with Crippen molar-refractivity contribution in [1.82, 2.24) is 0 Å². The molecule has 0 unspecified atom stereocenters. The largest absolute Gasteiger partial charge is 0.468 e. The molecule has 28 heavy (non-hydrogen) atoms. The maximum Gasteiger partial charge on any atom is 0.330 e. The van der Waals surface area contributed by atoms with Gasteiger partial charge in [-0.05, 0) is 13.0 Å². The standard InChI is InChI=1S/C20H15NO7/c1-19(16(22)11-6-4-3-5-7-11)15-13-10-12(21(25)26)8-9-14(13)28-18(24)20(15,19)17(23)27-2/h3-10,15H,1-2H3/t15-,19+,20-/m1/s1. The molecule has 1 heterocycles. The van der Waals surface area contributed by atoms with Gasteiger partial charge in [0, 0.05) is 29.2 Å². The third-order valence-electron chi connectivity index (χ3n) is 5.80. The highest BCUT2D eigenvalue weighted by Crippen LogP contribution is 2.78. The minimum atomic E-state index is -1.88. The van der Waals surface area contributed by atoms with E-state index < -0.39 is 39.4 Å². The lowest BCUT2D eigenvalue weighted by molar-refractivity contribution is -0.385. The summed E-state index contributed by atoms with van der Waals surface area (Å²) in [6.45, 7) is 1.50. The van der Waals surface area contributed by atoms with Crippen molar-refractivity contribution < 1.29 is 28.8 Å². The maximum atomic E-state index is 13.3. The van der Waals surface area contributed by atoms with Crippen LogP contribution in [0.3, 0.4) is 0 Å². The fourth-order valence-electron chi connectivity index (χ4n) is 4.42. The minimum absolute atomic E-state index is 0.102. The molecule has 2 aliphatic rings. The van der Waals surface area contributed by atoms with Crippen LogP contribution in [-0.4, -0.2) is 29.8 Å². The molecule has 3 atom stereocenters. The van der Waals surface area contributed by atoms with Gasteiger partial charge in [0.05, 0.1) is 17.4 Å². The Labute approximate surface area is 159 Å². The molecule has 8 heteroatoms. The van der Waals surface area contributed by atoms with Crippen molar-refractivity contribution >= 4 is 23.4 Å². The minimum Gasteiger partial charge on any atom is -0.468 e. The van der Waals surface area contributed by atoms with Crippen molar-refractivity contribution in [2.24, 2.45) is 10.8 Å². The molecule has 1 aliphatic heterocycles. The number of ether oxygens (including phenoxy) is 2. The Morgan fingerprint density at radius 3 is 2.46 bits per heavy atom. The molecule has 8 nitrogen and oxygen atoms in total. The molecule has 2 aromatic rings.